The highest BCUT2D eigenvalue weighted by Gasteiger charge is 2.45. The number of methoxy groups -OCH3 is 1. The molecule has 0 amide bonds. The van der Waals surface area contributed by atoms with Crippen LogP contribution >= 0.6 is 47.8 Å². The Balaban J connectivity index is 1.84. The zero-order valence-electron chi connectivity index (χ0n) is 17.8. The molecule has 0 saturated carbocycles. The molecular weight excluding hydrogens is 642 g/mol. The number of carbonyl (C=O) groups excluding carboxylic acids is 2. The predicted molar refractivity (Wildman–Crippen MR) is 133 cm³/mol. The van der Waals surface area contributed by atoms with Crippen LogP contribution in [0.5, 0.6) is 11.5 Å². The molecular formula is C22H16Br3N3O6. The number of Topliss-reactive ketones (excluding diaryl/α,β-unsaturated/α-hetero) is 1. The smallest absolute Gasteiger partial charge is 0.347 e. The van der Waals surface area contributed by atoms with Gasteiger partial charge in [-0.2, -0.15) is 0 Å². The largest absolute Gasteiger partial charge is 0.503 e. The summed E-state index contributed by atoms with van der Waals surface area (Å²) in [6, 6.07) is 0.947. The maximum absolute atomic E-state index is 13.3. The van der Waals surface area contributed by atoms with Crippen LogP contribution in [-0.2, 0) is 23.2 Å². The van der Waals surface area contributed by atoms with Crippen LogP contribution in [0.3, 0.4) is 0 Å². The van der Waals surface area contributed by atoms with Crippen molar-refractivity contribution < 1.29 is 19.4 Å². The van der Waals surface area contributed by atoms with E-state index in [9.17, 15) is 24.3 Å². The Labute approximate surface area is 217 Å². The second-order valence-electron chi connectivity index (χ2n) is 8.13. The number of ketones is 2. The predicted octanol–water partition coefficient (Wildman–Crippen LogP) is 2.98. The third-order valence-electron chi connectivity index (χ3n) is 6.49. The number of allylic oxidation sites excluding steroid dienone is 6. The van der Waals surface area contributed by atoms with E-state index in [2.05, 4.69) is 47.8 Å². The first kappa shape index (κ1) is 23.3. The molecule has 12 heteroatoms. The first-order valence-electron chi connectivity index (χ1n) is 10.1. The molecule has 34 heavy (non-hydrogen) atoms. The van der Waals surface area contributed by atoms with Crippen LogP contribution in [0.25, 0.3) is 0 Å². The third-order valence-corrected chi connectivity index (χ3v) is 9.24. The van der Waals surface area contributed by atoms with Gasteiger partial charge in [0.1, 0.15) is 0 Å². The van der Waals surface area contributed by atoms with Crippen molar-refractivity contribution in [3.8, 4) is 11.5 Å². The maximum Gasteiger partial charge on any atom is 0.347 e. The van der Waals surface area contributed by atoms with E-state index in [0.29, 0.717) is 25.7 Å². The Morgan fingerprint density at radius 1 is 1.09 bits per heavy atom. The number of fused-ring (bicyclic) bond motifs is 3. The topological polar surface area (TPSA) is 113 Å². The first-order valence-corrected chi connectivity index (χ1v) is 12.5. The van der Waals surface area contributed by atoms with Gasteiger partial charge >= 0.3 is 11.4 Å². The highest BCUT2D eigenvalue weighted by atomic mass is 79.9. The van der Waals surface area contributed by atoms with Crippen molar-refractivity contribution in [1.29, 1.82) is 0 Å². The highest BCUT2D eigenvalue weighted by molar-refractivity contribution is 9.13. The molecule has 2 atom stereocenters. The summed E-state index contributed by atoms with van der Waals surface area (Å²) < 4.78 is 9.98. The lowest BCUT2D eigenvalue weighted by Gasteiger charge is -2.39. The molecule has 2 aromatic rings. The Bertz CT molecular complexity index is 1540. The fourth-order valence-electron chi connectivity index (χ4n) is 4.92. The minimum Gasteiger partial charge on any atom is -0.503 e. The Morgan fingerprint density at radius 3 is 2.47 bits per heavy atom. The molecule has 0 fully saturated rings. The zero-order valence-corrected chi connectivity index (χ0v) is 22.5. The van der Waals surface area contributed by atoms with Crippen molar-refractivity contribution in [1.82, 2.24) is 13.9 Å². The molecule has 176 valence electrons. The van der Waals surface area contributed by atoms with Gasteiger partial charge in [0.05, 0.1) is 28.7 Å². The molecule has 0 spiro atoms. The molecule has 1 aromatic carbocycles. The summed E-state index contributed by atoms with van der Waals surface area (Å²) in [6.07, 6.45) is 3.16. The minimum atomic E-state index is -0.724. The SMILES string of the molecule is COc1cc([C@H]2C3=CCn4c(=O)n(C)c(=O)n4[C@@H]3CC3=C2C(=O)C=C(Br)C3=O)c(Br)c(Br)c1O. The lowest BCUT2D eigenvalue weighted by molar-refractivity contribution is -0.115. The van der Waals surface area contributed by atoms with Gasteiger partial charge in [0, 0.05) is 41.1 Å². The van der Waals surface area contributed by atoms with Crippen LogP contribution in [0.1, 0.15) is 23.9 Å². The summed E-state index contributed by atoms with van der Waals surface area (Å²) in [7, 11) is 2.81. The lowest BCUT2D eigenvalue weighted by Crippen LogP contribution is -2.40. The number of halogens is 3. The van der Waals surface area contributed by atoms with E-state index in [-0.39, 0.29) is 46.1 Å². The normalized spacial score (nSPS) is 21.6. The number of aromatic nitrogens is 3. The Kier molecular flexibility index (Phi) is 5.53. The molecule has 1 aromatic heterocycles. The van der Waals surface area contributed by atoms with Gasteiger partial charge in [0.15, 0.2) is 23.1 Å². The Hall–Kier alpha value is -2.44. The third kappa shape index (κ3) is 3.07. The van der Waals surface area contributed by atoms with Gasteiger partial charge in [0.25, 0.3) is 0 Å². The summed E-state index contributed by atoms with van der Waals surface area (Å²) in [4.78, 5) is 52.0. The van der Waals surface area contributed by atoms with Crippen molar-refractivity contribution in [3.05, 3.63) is 74.9 Å². The fraction of sp³-hybridized carbons (Fsp3) is 0.273. The van der Waals surface area contributed by atoms with Gasteiger partial charge < -0.3 is 9.84 Å². The van der Waals surface area contributed by atoms with Crippen molar-refractivity contribution in [3.63, 3.8) is 0 Å². The van der Waals surface area contributed by atoms with Crippen LogP contribution in [0.15, 0.2) is 58.0 Å². The number of hydrogen-bond acceptors (Lipinski definition) is 6. The van der Waals surface area contributed by atoms with Gasteiger partial charge in [-0.1, -0.05) is 6.08 Å². The van der Waals surface area contributed by atoms with E-state index < -0.39 is 23.3 Å². The number of phenols is 1. The number of nitrogens with zero attached hydrogens (tertiary/aromatic N) is 3. The van der Waals surface area contributed by atoms with Crippen molar-refractivity contribution in [2.75, 3.05) is 7.11 Å². The summed E-state index contributed by atoms with van der Waals surface area (Å²) in [5, 5.41) is 10.4. The van der Waals surface area contributed by atoms with Crippen LogP contribution < -0.4 is 16.1 Å². The van der Waals surface area contributed by atoms with Crippen molar-refractivity contribution >= 4 is 59.4 Å². The summed E-state index contributed by atoms with van der Waals surface area (Å²) >= 11 is 10.1. The van der Waals surface area contributed by atoms with Crippen LogP contribution in [0, 0.1) is 0 Å². The second-order valence-corrected chi connectivity index (χ2v) is 10.6. The number of carbonyl (C=O) groups is 2. The standard InChI is InChI=1S/C22H16Br3N3O6/c1-26-21(32)27-4-3-8-12(28(27)22(26)33)5-10-16(13(29)7-11(23)19(10)30)15(8)9-6-14(34-2)20(31)18(25)17(9)24/h3,6-7,12,15,31H,4-5H2,1-2H3/t12-,15-/m1/s1. The molecule has 9 nitrogen and oxygen atoms in total. The summed E-state index contributed by atoms with van der Waals surface area (Å²) in [5.74, 6) is -1.35. The molecule has 1 aliphatic heterocycles. The molecule has 2 aliphatic carbocycles. The van der Waals surface area contributed by atoms with Gasteiger partial charge in [0.2, 0.25) is 0 Å². The number of phenolic OH excluding ortho intramolecular Hbond substituents is 1. The quantitative estimate of drug-likeness (QED) is 0.393. The lowest BCUT2D eigenvalue weighted by atomic mass is 9.69. The Morgan fingerprint density at radius 2 is 1.79 bits per heavy atom. The van der Waals surface area contributed by atoms with Crippen molar-refractivity contribution in [2.45, 2.75) is 24.9 Å². The second kappa shape index (κ2) is 8.06. The summed E-state index contributed by atoms with van der Waals surface area (Å²) in [5.41, 5.74) is 0.890. The van der Waals surface area contributed by atoms with Gasteiger partial charge in [-0.3, -0.25) is 9.59 Å². The zero-order chi connectivity index (χ0) is 24.6. The van der Waals surface area contributed by atoms with Crippen LogP contribution in [0.2, 0.25) is 0 Å². The van der Waals surface area contributed by atoms with Gasteiger partial charge in [-0.25, -0.2) is 23.5 Å². The molecule has 2 heterocycles. The number of benzene rings is 1. The molecule has 5 rings (SSSR count). The maximum atomic E-state index is 13.3. The van der Waals surface area contributed by atoms with Crippen LogP contribution in [-0.4, -0.2) is 37.7 Å². The monoisotopic (exact) mass is 655 g/mol. The average Bonchev–Trinajstić information content (AvgIpc) is 3.04. The number of hydrogen-bond donors (Lipinski definition) is 1. The van der Waals surface area contributed by atoms with E-state index >= 15 is 0 Å². The molecule has 1 N–H and O–H groups in total. The number of rotatable bonds is 2. The number of aromatic hydroxyl groups is 1. The van der Waals surface area contributed by atoms with E-state index in [4.69, 9.17) is 4.74 Å². The van der Waals surface area contributed by atoms with E-state index in [1.807, 2.05) is 6.08 Å². The minimum absolute atomic E-state index is 0.0859. The van der Waals surface area contributed by atoms with E-state index in [1.54, 1.807) is 6.07 Å². The summed E-state index contributed by atoms with van der Waals surface area (Å²) in [6.45, 7) is 0.134. The van der Waals surface area contributed by atoms with Gasteiger partial charge in [-0.15, -0.1) is 0 Å². The van der Waals surface area contributed by atoms with Gasteiger partial charge in [-0.05, 0) is 65.0 Å². The van der Waals surface area contributed by atoms with E-state index in [0.717, 1.165) is 4.57 Å². The fourth-order valence-corrected chi connectivity index (χ4v) is 6.32. The molecule has 0 radical (unpaired) electrons. The molecule has 3 aliphatic rings. The van der Waals surface area contributed by atoms with E-state index in [1.165, 1.54) is 29.6 Å². The molecule has 0 unspecified atom stereocenters. The van der Waals surface area contributed by atoms with Crippen molar-refractivity contribution in [2.24, 2.45) is 7.05 Å². The first-order chi connectivity index (χ1) is 16.1. The molecule has 0 bridgehead atoms. The van der Waals surface area contributed by atoms with Crippen LogP contribution in [0.4, 0.5) is 0 Å². The number of ether oxygens (including phenoxy) is 1. The molecule has 0 saturated heterocycles. The highest BCUT2D eigenvalue weighted by Crippen LogP contribution is 2.54. The average molecular weight is 658 g/mol.